The molecule has 0 unspecified atom stereocenters. The van der Waals surface area contributed by atoms with Crippen LogP contribution < -0.4 is 11.5 Å². The number of ether oxygens (including phenoxy) is 1. The number of nitrogens with two attached hydrogens (primary N) is 2. The van der Waals surface area contributed by atoms with Crippen LogP contribution in [0.1, 0.15) is 12.0 Å². The van der Waals surface area contributed by atoms with Crippen molar-refractivity contribution in [2.75, 3.05) is 12.9 Å². The number of ketones is 1. The summed E-state index contributed by atoms with van der Waals surface area (Å²) >= 11 is 1.27. The van der Waals surface area contributed by atoms with Gasteiger partial charge in [-0.05, 0) is 5.56 Å². The summed E-state index contributed by atoms with van der Waals surface area (Å²) in [4.78, 5) is 34.9. The van der Waals surface area contributed by atoms with Crippen molar-refractivity contribution in [3.63, 3.8) is 0 Å². The molecule has 0 radical (unpaired) electrons. The molecule has 0 fully saturated rings. The molecule has 0 heterocycles. The average molecular weight is 340 g/mol. The zero-order valence-electron chi connectivity index (χ0n) is 12.7. The Balaban J connectivity index is 2.79. The number of methoxy groups -OCH3 is 1. The molecule has 0 aliphatic rings. The number of Topliss-reactive ketones (excluding diaryl/α,β-unsaturated/α-hetero) is 1. The quantitative estimate of drug-likeness (QED) is 0.428. The van der Waals surface area contributed by atoms with E-state index in [0.29, 0.717) is 5.75 Å². The predicted molar refractivity (Wildman–Crippen MR) is 86.8 cm³/mol. The molecular formula is C15H20N2O5S. The van der Waals surface area contributed by atoms with Crippen LogP contribution in [0.15, 0.2) is 30.3 Å². The van der Waals surface area contributed by atoms with E-state index in [4.69, 9.17) is 16.6 Å². The molecule has 2 atom stereocenters. The molecule has 0 saturated carbocycles. The summed E-state index contributed by atoms with van der Waals surface area (Å²) in [6.45, 7) is 0. The lowest BCUT2D eigenvalue weighted by atomic mass is 9.91. The molecule has 126 valence electrons. The number of esters is 1. The Labute approximate surface area is 138 Å². The molecule has 0 aliphatic heterocycles. The maximum atomic E-state index is 12.3. The zero-order valence-corrected chi connectivity index (χ0v) is 13.5. The summed E-state index contributed by atoms with van der Waals surface area (Å²) in [6.07, 6.45) is -0.599. The predicted octanol–water partition coefficient (Wildman–Crippen LogP) is 0.161. The molecule has 1 rings (SSSR count). The van der Waals surface area contributed by atoms with Gasteiger partial charge in [-0.1, -0.05) is 30.3 Å². The number of hydrogen-bond acceptors (Lipinski definition) is 7. The lowest BCUT2D eigenvalue weighted by Crippen LogP contribution is -2.62. The van der Waals surface area contributed by atoms with Crippen LogP contribution in [0.4, 0.5) is 0 Å². The van der Waals surface area contributed by atoms with Crippen molar-refractivity contribution < 1.29 is 24.2 Å². The minimum Gasteiger partial charge on any atom is -0.481 e. The molecular weight excluding hydrogens is 320 g/mol. The van der Waals surface area contributed by atoms with E-state index in [-0.39, 0.29) is 5.75 Å². The van der Waals surface area contributed by atoms with Crippen LogP contribution in [0.2, 0.25) is 0 Å². The van der Waals surface area contributed by atoms with Gasteiger partial charge in [0, 0.05) is 11.5 Å². The van der Waals surface area contributed by atoms with Gasteiger partial charge in [-0.15, -0.1) is 0 Å². The third kappa shape index (κ3) is 5.34. The first-order chi connectivity index (χ1) is 10.8. The Kier molecular flexibility index (Phi) is 7.21. The molecule has 0 saturated heterocycles. The monoisotopic (exact) mass is 340 g/mol. The zero-order chi connectivity index (χ0) is 17.5. The first-order valence-corrected chi connectivity index (χ1v) is 7.97. The molecule has 0 aromatic heterocycles. The summed E-state index contributed by atoms with van der Waals surface area (Å²) in [7, 11) is 1.11. The molecule has 0 aliphatic carbocycles. The molecule has 7 nitrogen and oxygen atoms in total. The van der Waals surface area contributed by atoms with Crippen LogP contribution >= 0.6 is 11.8 Å². The Morgan fingerprint density at radius 1 is 1.30 bits per heavy atom. The number of hydrogen-bond donors (Lipinski definition) is 3. The van der Waals surface area contributed by atoms with Gasteiger partial charge in [0.2, 0.25) is 0 Å². The number of rotatable bonds is 9. The van der Waals surface area contributed by atoms with E-state index in [2.05, 4.69) is 4.74 Å². The second-order valence-electron chi connectivity index (χ2n) is 5.01. The van der Waals surface area contributed by atoms with Crippen molar-refractivity contribution in [1.29, 1.82) is 0 Å². The summed E-state index contributed by atoms with van der Waals surface area (Å²) in [5.41, 5.74) is 10.5. The van der Waals surface area contributed by atoms with Crippen molar-refractivity contribution in [3.05, 3.63) is 35.9 Å². The van der Waals surface area contributed by atoms with Gasteiger partial charge >= 0.3 is 11.9 Å². The molecule has 23 heavy (non-hydrogen) atoms. The number of carboxylic acids is 1. The average Bonchev–Trinajstić information content (AvgIpc) is 2.53. The summed E-state index contributed by atoms with van der Waals surface area (Å²) in [5, 5.41) is 8.72. The van der Waals surface area contributed by atoms with Crippen molar-refractivity contribution >= 4 is 29.5 Å². The van der Waals surface area contributed by atoms with E-state index in [1.165, 1.54) is 11.8 Å². The number of benzene rings is 1. The SMILES string of the molecule is COC(=O)[C@@](N)(CSCc1ccccc1)C(=O)[C@@H](N)CC(=O)O. The summed E-state index contributed by atoms with van der Waals surface area (Å²) < 4.78 is 4.59. The van der Waals surface area contributed by atoms with E-state index in [9.17, 15) is 14.4 Å². The highest BCUT2D eigenvalue weighted by molar-refractivity contribution is 7.98. The first kappa shape index (κ1) is 19.1. The van der Waals surface area contributed by atoms with E-state index in [1.54, 1.807) is 0 Å². The standard InChI is InChI=1S/C15H20N2O5S/c1-22-14(21)15(17,13(20)11(16)7-12(18)19)9-23-8-10-5-3-2-4-6-10/h2-6,11H,7-9,16-17H2,1H3,(H,18,19)/t11-,15+/m0/s1. The molecule has 8 heteroatoms. The lowest BCUT2D eigenvalue weighted by molar-refractivity contribution is -0.151. The molecule has 0 spiro atoms. The fraction of sp³-hybridized carbons (Fsp3) is 0.400. The van der Waals surface area contributed by atoms with Crippen molar-refractivity contribution in [3.8, 4) is 0 Å². The number of carbonyl (C=O) groups excluding carboxylic acids is 2. The van der Waals surface area contributed by atoms with Gasteiger partial charge in [0.25, 0.3) is 0 Å². The minimum atomic E-state index is -1.97. The van der Waals surface area contributed by atoms with Crippen LogP contribution in [-0.4, -0.2) is 47.3 Å². The van der Waals surface area contributed by atoms with Crippen LogP contribution in [0, 0.1) is 0 Å². The largest absolute Gasteiger partial charge is 0.481 e. The maximum Gasteiger partial charge on any atom is 0.334 e. The number of aliphatic carboxylic acids is 1. The van der Waals surface area contributed by atoms with Crippen LogP contribution in [-0.2, 0) is 24.9 Å². The Bertz CT molecular complexity index is 566. The highest BCUT2D eigenvalue weighted by atomic mass is 32.2. The highest BCUT2D eigenvalue weighted by Crippen LogP contribution is 2.20. The minimum absolute atomic E-state index is 0.0548. The van der Waals surface area contributed by atoms with Gasteiger partial charge in [-0.3, -0.25) is 9.59 Å². The molecule has 1 aromatic carbocycles. The Hall–Kier alpha value is -1.90. The highest BCUT2D eigenvalue weighted by Gasteiger charge is 2.45. The van der Waals surface area contributed by atoms with Crippen molar-refractivity contribution in [2.45, 2.75) is 23.8 Å². The Morgan fingerprint density at radius 3 is 2.43 bits per heavy atom. The Morgan fingerprint density at radius 2 is 1.91 bits per heavy atom. The van der Waals surface area contributed by atoms with E-state index in [0.717, 1.165) is 12.7 Å². The number of thioether (sulfide) groups is 1. The van der Waals surface area contributed by atoms with Crippen molar-refractivity contribution in [1.82, 2.24) is 0 Å². The van der Waals surface area contributed by atoms with Gasteiger partial charge in [0.1, 0.15) is 0 Å². The van der Waals surface area contributed by atoms with Crippen molar-refractivity contribution in [2.24, 2.45) is 11.5 Å². The van der Waals surface area contributed by atoms with Crippen LogP contribution in [0.5, 0.6) is 0 Å². The number of carbonyl (C=O) groups is 3. The van der Waals surface area contributed by atoms with Crippen LogP contribution in [0.3, 0.4) is 0 Å². The lowest BCUT2D eigenvalue weighted by Gasteiger charge is -2.27. The van der Waals surface area contributed by atoms with E-state index < -0.39 is 35.7 Å². The topological polar surface area (TPSA) is 133 Å². The summed E-state index contributed by atoms with van der Waals surface area (Å²) in [6, 6.07) is 8.07. The molecule has 1 aromatic rings. The van der Waals surface area contributed by atoms with Gasteiger partial charge in [0.15, 0.2) is 11.3 Å². The fourth-order valence-corrected chi connectivity index (χ4v) is 3.04. The van der Waals surface area contributed by atoms with E-state index in [1.807, 2.05) is 30.3 Å². The van der Waals surface area contributed by atoms with Gasteiger partial charge in [-0.2, -0.15) is 11.8 Å². The second kappa shape index (κ2) is 8.66. The number of carboxylic acid groups (broad SMARTS) is 1. The van der Waals surface area contributed by atoms with Gasteiger partial charge < -0.3 is 21.3 Å². The smallest absolute Gasteiger partial charge is 0.334 e. The third-order valence-corrected chi connectivity index (χ3v) is 4.36. The summed E-state index contributed by atoms with van der Waals surface area (Å²) in [5.74, 6) is -2.52. The molecule has 0 bridgehead atoms. The first-order valence-electron chi connectivity index (χ1n) is 6.82. The maximum absolute atomic E-state index is 12.3. The van der Waals surface area contributed by atoms with E-state index >= 15 is 0 Å². The van der Waals surface area contributed by atoms with Gasteiger partial charge in [-0.25, -0.2) is 4.79 Å². The normalized spacial score (nSPS) is 14.6. The third-order valence-electron chi connectivity index (χ3n) is 3.16. The fourth-order valence-electron chi connectivity index (χ4n) is 1.93. The second-order valence-corrected chi connectivity index (χ2v) is 6.00. The van der Waals surface area contributed by atoms with Crippen LogP contribution in [0.25, 0.3) is 0 Å². The molecule has 0 amide bonds. The van der Waals surface area contributed by atoms with Gasteiger partial charge in [0.05, 0.1) is 19.6 Å². The molecule has 5 N–H and O–H groups in total.